The number of benzene rings is 2. The summed E-state index contributed by atoms with van der Waals surface area (Å²) in [6.45, 7) is 0. The van der Waals surface area contributed by atoms with Gasteiger partial charge in [-0.3, -0.25) is 0 Å². The summed E-state index contributed by atoms with van der Waals surface area (Å²) < 4.78 is 0. The lowest BCUT2D eigenvalue weighted by Gasteiger charge is -1.92. The molecule has 0 N–H and O–H groups in total. The van der Waals surface area contributed by atoms with Crippen molar-refractivity contribution in [1.82, 2.24) is 0 Å². The number of rotatable bonds is 2. The maximum atomic E-state index is 2.24. The van der Waals surface area contributed by atoms with E-state index >= 15 is 0 Å². The van der Waals surface area contributed by atoms with Crippen molar-refractivity contribution in [3.05, 3.63) is 60.7 Å². The zero-order valence-electron chi connectivity index (χ0n) is 7.93. The highest BCUT2D eigenvalue weighted by molar-refractivity contribution is 6.87. The predicted molar refractivity (Wildman–Crippen MR) is 66.5 cm³/mol. The van der Waals surface area contributed by atoms with E-state index < -0.39 is 0 Å². The molecule has 0 nitrogen and oxygen atoms in total. The first-order chi connectivity index (χ1) is 6.95. The Kier molecular flexibility index (Phi) is 3.32. The maximum absolute atomic E-state index is 2.24. The fourth-order valence-corrected chi connectivity index (χ4v) is 5.08. The lowest BCUT2D eigenvalue weighted by atomic mass is 10.4. The van der Waals surface area contributed by atoms with Crippen LogP contribution in [0.25, 0.3) is 0 Å². The Morgan fingerprint density at radius 3 is 1.21 bits per heavy atom. The van der Waals surface area contributed by atoms with Crippen molar-refractivity contribution in [1.29, 1.82) is 0 Å². The third-order valence-corrected chi connectivity index (χ3v) is 6.58. The van der Waals surface area contributed by atoms with Crippen LogP contribution in [0, 0.1) is 0 Å². The minimum atomic E-state index is 0.469. The normalized spacial score (nSPS) is 10.6. The highest BCUT2D eigenvalue weighted by Gasteiger charge is 1.85. The first-order valence-corrected chi connectivity index (χ1v) is 8.55. The lowest BCUT2D eigenvalue weighted by Crippen LogP contribution is -2.16. The Hall–Kier alpha value is -1.13. The van der Waals surface area contributed by atoms with Crippen LogP contribution in [0.2, 0.25) is 0 Å². The van der Waals surface area contributed by atoms with Gasteiger partial charge in [-0.05, 0) is 0 Å². The van der Waals surface area contributed by atoms with Gasteiger partial charge in [-0.1, -0.05) is 71.0 Å². The van der Waals surface area contributed by atoms with Crippen LogP contribution in [-0.4, -0.2) is 17.2 Å². The van der Waals surface area contributed by atoms with Crippen molar-refractivity contribution in [3.63, 3.8) is 0 Å². The quantitative estimate of drug-likeness (QED) is 0.633. The molecule has 2 heteroatoms. The average molecular weight is 212 g/mol. The second-order valence-electron chi connectivity index (χ2n) is 3.15. The summed E-state index contributed by atoms with van der Waals surface area (Å²) in [6, 6.07) is 21.7. The molecule has 68 valence electrons. The van der Waals surface area contributed by atoms with Crippen molar-refractivity contribution in [2.75, 3.05) is 0 Å². The van der Waals surface area contributed by atoms with Gasteiger partial charge in [0.15, 0.2) is 0 Å². The van der Waals surface area contributed by atoms with Crippen molar-refractivity contribution >= 4 is 27.6 Å². The van der Waals surface area contributed by atoms with E-state index in [0.29, 0.717) is 17.2 Å². The summed E-state index contributed by atoms with van der Waals surface area (Å²) in [7, 11) is 0.939. The van der Waals surface area contributed by atoms with Crippen LogP contribution in [0.15, 0.2) is 60.7 Å². The molecule has 0 aliphatic heterocycles. The number of hydrogen-bond donors (Lipinski definition) is 0. The minimum absolute atomic E-state index is 0.469. The summed E-state index contributed by atoms with van der Waals surface area (Å²) in [5, 5.41) is 3.07. The maximum Gasteiger partial charge on any atom is 0.0101 e. The fraction of sp³-hybridized carbons (Fsp3) is 0. The lowest BCUT2D eigenvalue weighted by molar-refractivity contribution is 1.77. The van der Waals surface area contributed by atoms with Gasteiger partial charge in [-0.15, -0.1) is 0 Å². The molecule has 0 saturated heterocycles. The van der Waals surface area contributed by atoms with E-state index in [2.05, 4.69) is 60.7 Å². The van der Waals surface area contributed by atoms with Crippen LogP contribution >= 0.6 is 0 Å². The third-order valence-electron chi connectivity index (χ3n) is 2.07. The molecule has 14 heavy (non-hydrogen) atoms. The van der Waals surface area contributed by atoms with Crippen LogP contribution in [0.5, 0.6) is 0 Å². The van der Waals surface area contributed by atoms with Gasteiger partial charge in [0.1, 0.15) is 0 Å². The third kappa shape index (κ3) is 2.68. The summed E-state index contributed by atoms with van der Waals surface area (Å²) in [5.74, 6) is 0. The van der Waals surface area contributed by atoms with Gasteiger partial charge in [0.2, 0.25) is 0 Å². The van der Waals surface area contributed by atoms with Crippen molar-refractivity contribution in [2.24, 2.45) is 0 Å². The molecular formula is C12H12Si2. The van der Waals surface area contributed by atoms with Crippen LogP contribution in [0.3, 0.4) is 0 Å². The molecule has 0 aromatic heterocycles. The van der Waals surface area contributed by atoms with Crippen LogP contribution in [0.1, 0.15) is 0 Å². The Bertz CT molecular complexity index is 365. The van der Waals surface area contributed by atoms with Crippen molar-refractivity contribution < 1.29 is 0 Å². The molecule has 2 aromatic carbocycles. The van der Waals surface area contributed by atoms with Crippen molar-refractivity contribution in [2.45, 2.75) is 0 Å². The largest absolute Gasteiger partial charge is 0.0623 e. The molecule has 0 fully saturated rings. The monoisotopic (exact) mass is 212 g/mol. The van der Waals surface area contributed by atoms with Crippen LogP contribution < -0.4 is 10.4 Å². The van der Waals surface area contributed by atoms with E-state index in [1.54, 1.807) is 0 Å². The molecule has 2 rings (SSSR count). The average Bonchev–Trinajstić information content (AvgIpc) is 2.29. The van der Waals surface area contributed by atoms with Gasteiger partial charge < -0.3 is 0 Å². The molecule has 0 saturated carbocycles. The van der Waals surface area contributed by atoms with E-state index in [0.717, 1.165) is 0 Å². The van der Waals surface area contributed by atoms with Crippen LogP contribution in [-0.2, 0) is 0 Å². The molecule has 0 amide bonds. The number of hydrogen-bond acceptors (Lipinski definition) is 0. The van der Waals surface area contributed by atoms with Gasteiger partial charge in [0.05, 0.1) is 0 Å². The Labute approximate surface area is 88.6 Å². The molecule has 2 aromatic rings. The standard InChI is InChI=1S/C12H12Si2/c1-3-7-11(8-4-1)13-14-12-9-5-2-6-10-12/h1-10,13-14H. The summed E-state index contributed by atoms with van der Waals surface area (Å²) in [5.41, 5.74) is 0. The smallest absolute Gasteiger partial charge is 0.0101 e. The van der Waals surface area contributed by atoms with Gasteiger partial charge in [-0.2, -0.15) is 0 Å². The molecule has 0 atom stereocenters. The van der Waals surface area contributed by atoms with E-state index in [4.69, 9.17) is 0 Å². The topological polar surface area (TPSA) is 0 Å². The molecule has 0 heterocycles. The summed E-state index contributed by atoms with van der Waals surface area (Å²) in [4.78, 5) is 0. The summed E-state index contributed by atoms with van der Waals surface area (Å²) >= 11 is 0. The molecule has 0 radical (unpaired) electrons. The molecule has 0 aliphatic rings. The Morgan fingerprint density at radius 1 is 0.500 bits per heavy atom. The molecule has 0 bridgehead atoms. The zero-order valence-corrected chi connectivity index (χ0v) is 10.2. The van der Waals surface area contributed by atoms with Gasteiger partial charge in [0, 0.05) is 17.2 Å². The minimum Gasteiger partial charge on any atom is -0.0623 e. The molecule has 0 unspecified atom stereocenters. The van der Waals surface area contributed by atoms with Crippen LogP contribution in [0.4, 0.5) is 0 Å². The Balaban J connectivity index is 2.16. The van der Waals surface area contributed by atoms with Gasteiger partial charge in [-0.25, -0.2) is 0 Å². The molecule has 0 spiro atoms. The van der Waals surface area contributed by atoms with Crippen molar-refractivity contribution in [3.8, 4) is 0 Å². The summed E-state index contributed by atoms with van der Waals surface area (Å²) in [6.07, 6.45) is 0. The van der Waals surface area contributed by atoms with E-state index in [1.807, 2.05) is 0 Å². The van der Waals surface area contributed by atoms with Gasteiger partial charge in [0.25, 0.3) is 0 Å². The predicted octanol–water partition coefficient (Wildman–Crippen LogP) is 0.425. The highest BCUT2D eigenvalue weighted by Crippen LogP contribution is 1.80. The molecular weight excluding hydrogens is 200 g/mol. The zero-order chi connectivity index (χ0) is 9.64. The second-order valence-corrected chi connectivity index (χ2v) is 7.15. The second kappa shape index (κ2) is 4.93. The first-order valence-electron chi connectivity index (χ1n) is 4.73. The first kappa shape index (κ1) is 9.43. The fourth-order valence-electron chi connectivity index (χ4n) is 1.32. The van der Waals surface area contributed by atoms with E-state index in [-0.39, 0.29) is 0 Å². The van der Waals surface area contributed by atoms with E-state index in [1.165, 1.54) is 10.4 Å². The SMILES string of the molecule is c1ccc([SiH]=[SiH]c2ccccc2)cc1. The Morgan fingerprint density at radius 2 is 0.857 bits per heavy atom. The molecule has 0 aliphatic carbocycles. The van der Waals surface area contributed by atoms with E-state index in [9.17, 15) is 0 Å². The highest BCUT2D eigenvalue weighted by atomic mass is 28.9. The van der Waals surface area contributed by atoms with Gasteiger partial charge >= 0.3 is 0 Å².